The number of nitrogens with zero attached hydrogens (tertiary/aromatic N) is 2. The van der Waals surface area contributed by atoms with E-state index >= 15 is 0 Å². The van der Waals surface area contributed by atoms with Crippen LogP contribution in [0.2, 0.25) is 0 Å². The third-order valence-corrected chi connectivity index (χ3v) is 5.06. The third kappa shape index (κ3) is 2.68. The molecule has 0 unspecified atom stereocenters. The Balaban J connectivity index is 1.93. The van der Waals surface area contributed by atoms with Crippen molar-refractivity contribution >= 4 is 21.7 Å². The number of rotatable bonds is 3. The molecule has 0 saturated carbocycles. The first-order valence-corrected chi connectivity index (χ1v) is 7.90. The molecule has 0 bridgehead atoms. The molecule has 2 heterocycles. The third-order valence-electron chi connectivity index (χ3n) is 4.03. The van der Waals surface area contributed by atoms with Gasteiger partial charge in [-0.2, -0.15) is 5.10 Å². The molecule has 21 heavy (non-hydrogen) atoms. The van der Waals surface area contributed by atoms with Gasteiger partial charge in [0.1, 0.15) is 0 Å². The van der Waals surface area contributed by atoms with E-state index in [2.05, 4.69) is 32.4 Å². The van der Waals surface area contributed by atoms with Gasteiger partial charge in [-0.25, -0.2) is 0 Å². The smallest absolute Gasteiger partial charge is 0.169 e. The zero-order valence-electron chi connectivity index (χ0n) is 12.2. The second-order valence-corrected chi connectivity index (χ2v) is 6.23. The number of Topliss-reactive ketones (excluding diaryl/α,β-unsaturated/α-hetero) is 1. The number of aryl methyl sites for hydroxylation is 2. The lowest BCUT2D eigenvalue weighted by molar-refractivity contribution is 0.0989. The number of halogens is 1. The van der Waals surface area contributed by atoms with Gasteiger partial charge in [-0.15, -0.1) is 0 Å². The summed E-state index contributed by atoms with van der Waals surface area (Å²) < 4.78 is 2.72. The van der Waals surface area contributed by atoms with E-state index < -0.39 is 0 Å². The maximum absolute atomic E-state index is 12.7. The fourth-order valence-corrected chi connectivity index (χ4v) is 3.39. The maximum atomic E-state index is 12.7. The maximum Gasteiger partial charge on any atom is 0.169 e. The predicted octanol–water partition coefficient (Wildman–Crippen LogP) is 2.56. The van der Waals surface area contributed by atoms with Crippen LogP contribution in [-0.2, 0) is 26.4 Å². The SMILES string of the molecule is Cc1nn(C)c(CC(=O)c2cccc3c2CCNC3)c1Br. The molecule has 3 rings (SSSR count). The normalized spacial score (nSPS) is 14.0. The monoisotopic (exact) mass is 347 g/mol. The van der Waals surface area contributed by atoms with Gasteiger partial charge in [-0.1, -0.05) is 18.2 Å². The summed E-state index contributed by atoms with van der Waals surface area (Å²) >= 11 is 3.53. The molecule has 5 heteroatoms. The number of nitrogens with one attached hydrogen (secondary N) is 1. The predicted molar refractivity (Wildman–Crippen MR) is 85.5 cm³/mol. The highest BCUT2D eigenvalue weighted by molar-refractivity contribution is 9.10. The number of fused-ring (bicyclic) bond motifs is 1. The highest BCUT2D eigenvalue weighted by Gasteiger charge is 2.20. The second-order valence-electron chi connectivity index (χ2n) is 5.44. The molecule has 1 aliphatic rings. The van der Waals surface area contributed by atoms with Gasteiger partial charge in [0.15, 0.2) is 5.78 Å². The number of carbonyl (C=O) groups is 1. The molecule has 0 radical (unpaired) electrons. The summed E-state index contributed by atoms with van der Waals surface area (Å²) in [5, 5.41) is 7.70. The average molecular weight is 348 g/mol. The molecule has 0 spiro atoms. The number of carbonyl (C=O) groups excluding carboxylic acids is 1. The van der Waals surface area contributed by atoms with Crippen LogP contribution < -0.4 is 5.32 Å². The minimum Gasteiger partial charge on any atom is -0.312 e. The van der Waals surface area contributed by atoms with E-state index in [-0.39, 0.29) is 5.78 Å². The van der Waals surface area contributed by atoms with E-state index in [1.54, 1.807) is 4.68 Å². The Morgan fingerprint density at radius 2 is 2.29 bits per heavy atom. The van der Waals surface area contributed by atoms with Gasteiger partial charge < -0.3 is 5.32 Å². The molecule has 1 aliphatic heterocycles. The van der Waals surface area contributed by atoms with Crippen molar-refractivity contribution in [3.63, 3.8) is 0 Å². The van der Waals surface area contributed by atoms with Crippen LogP contribution in [0.4, 0.5) is 0 Å². The Morgan fingerprint density at radius 3 is 3.00 bits per heavy atom. The molecular weight excluding hydrogens is 330 g/mol. The van der Waals surface area contributed by atoms with Crippen LogP contribution in [-0.4, -0.2) is 22.1 Å². The summed E-state index contributed by atoms with van der Waals surface area (Å²) in [7, 11) is 1.88. The fraction of sp³-hybridized carbons (Fsp3) is 0.375. The first kappa shape index (κ1) is 14.5. The standard InChI is InChI=1S/C16H18BrN3O/c1-10-16(17)14(20(2)19-10)8-15(21)13-5-3-4-11-9-18-7-6-12(11)13/h3-5,18H,6-9H2,1-2H3. The molecular formula is C16H18BrN3O. The van der Waals surface area contributed by atoms with E-state index in [1.165, 1.54) is 11.1 Å². The zero-order valence-corrected chi connectivity index (χ0v) is 13.8. The molecule has 0 aliphatic carbocycles. The summed E-state index contributed by atoms with van der Waals surface area (Å²) in [6.45, 7) is 3.73. The molecule has 110 valence electrons. The van der Waals surface area contributed by atoms with Gasteiger partial charge >= 0.3 is 0 Å². The zero-order chi connectivity index (χ0) is 15.0. The lowest BCUT2D eigenvalue weighted by Gasteiger charge is -2.19. The van der Waals surface area contributed by atoms with Crippen LogP contribution in [0.25, 0.3) is 0 Å². The number of aromatic nitrogens is 2. The summed E-state index contributed by atoms with van der Waals surface area (Å²) in [5.74, 6) is 0.164. The summed E-state index contributed by atoms with van der Waals surface area (Å²) in [5.41, 5.74) is 5.16. The van der Waals surface area contributed by atoms with Crippen molar-refractivity contribution < 1.29 is 4.79 Å². The Kier molecular flexibility index (Phi) is 3.95. The van der Waals surface area contributed by atoms with Gasteiger partial charge in [0.05, 0.1) is 22.3 Å². The van der Waals surface area contributed by atoms with Crippen LogP contribution in [0.3, 0.4) is 0 Å². The van der Waals surface area contributed by atoms with Gasteiger partial charge in [0, 0.05) is 19.2 Å². The van der Waals surface area contributed by atoms with Crippen LogP contribution >= 0.6 is 15.9 Å². The van der Waals surface area contributed by atoms with Crippen molar-refractivity contribution in [1.82, 2.24) is 15.1 Å². The Labute approximate surface area is 132 Å². The molecule has 1 aromatic carbocycles. The van der Waals surface area contributed by atoms with Crippen molar-refractivity contribution in [2.24, 2.45) is 7.05 Å². The highest BCUT2D eigenvalue weighted by Crippen LogP contribution is 2.24. The molecule has 2 aromatic rings. The first-order valence-electron chi connectivity index (χ1n) is 7.10. The van der Waals surface area contributed by atoms with E-state index in [1.807, 2.05) is 26.1 Å². The summed E-state index contributed by atoms with van der Waals surface area (Å²) in [6, 6.07) is 6.02. The van der Waals surface area contributed by atoms with E-state index in [9.17, 15) is 4.79 Å². The fourth-order valence-electron chi connectivity index (χ4n) is 2.91. The highest BCUT2D eigenvalue weighted by atomic mass is 79.9. The van der Waals surface area contributed by atoms with Gasteiger partial charge in [-0.05, 0) is 46.9 Å². The van der Waals surface area contributed by atoms with E-state index in [4.69, 9.17) is 0 Å². The summed E-state index contributed by atoms with van der Waals surface area (Å²) in [4.78, 5) is 12.7. The minimum atomic E-state index is 0.164. The Bertz CT molecular complexity index is 706. The molecule has 0 fully saturated rings. The van der Waals surface area contributed by atoms with Gasteiger partial charge in [-0.3, -0.25) is 9.48 Å². The molecule has 0 atom stereocenters. The minimum absolute atomic E-state index is 0.164. The van der Waals surface area contributed by atoms with Crippen LogP contribution in [0.5, 0.6) is 0 Å². The number of hydrogen-bond donors (Lipinski definition) is 1. The van der Waals surface area contributed by atoms with Crippen molar-refractivity contribution in [2.75, 3.05) is 6.54 Å². The lowest BCUT2D eigenvalue weighted by atomic mass is 9.92. The van der Waals surface area contributed by atoms with Crippen molar-refractivity contribution in [2.45, 2.75) is 26.3 Å². The van der Waals surface area contributed by atoms with Crippen molar-refractivity contribution in [1.29, 1.82) is 0 Å². The molecule has 4 nitrogen and oxygen atoms in total. The van der Waals surface area contributed by atoms with Crippen LogP contribution in [0.1, 0.15) is 32.9 Å². The Hall–Kier alpha value is -1.46. The molecule has 1 aromatic heterocycles. The van der Waals surface area contributed by atoms with E-state index in [0.29, 0.717) is 6.42 Å². The lowest BCUT2D eigenvalue weighted by Crippen LogP contribution is -2.25. The Morgan fingerprint density at radius 1 is 1.48 bits per heavy atom. The van der Waals surface area contributed by atoms with Crippen LogP contribution in [0.15, 0.2) is 22.7 Å². The largest absolute Gasteiger partial charge is 0.312 e. The summed E-state index contributed by atoms with van der Waals surface area (Å²) in [6.07, 6.45) is 1.30. The topological polar surface area (TPSA) is 46.9 Å². The van der Waals surface area contributed by atoms with Gasteiger partial charge in [0.2, 0.25) is 0 Å². The number of ketones is 1. The second kappa shape index (κ2) is 5.73. The first-order chi connectivity index (χ1) is 10.1. The van der Waals surface area contributed by atoms with Crippen LogP contribution in [0, 0.1) is 6.92 Å². The average Bonchev–Trinajstić information content (AvgIpc) is 2.73. The molecule has 0 amide bonds. The number of benzene rings is 1. The quantitative estimate of drug-likeness (QED) is 0.868. The van der Waals surface area contributed by atoms with E-state index in [0.717, 1.165) is 40.9 Å². The van der Waals surface area contributed by atoms with Crippen molar-refractivity contribution in [3.05, 3.63) is 50.8 Å². The number of hydrogen-bond acceptors (Lipinski definition) is 3. The molecule has 1 N–H and O–H groups in total. The molecule has 0 saturated heterocycles. The van der Waals surface area contributed by atoms with Crippen molar-refractivity contribution in [3.8, 4) is 0 Å². The van der Waals surface area contributed by atoms with Gasteiger partial charge in [0.25, 0.3) is 0 Å².